The van der Waals surface area contributed by atoms with Gasteiger partial charge in [0.2, 0.25) is 0 Å². The van der Waals surface area contributed by atoms with Gasteiger partial charge in [-0.1, -0.05) is 33.6 Å². The van der Waals surface area contributed by atoms with Crippen LogP contribution in [0.3, 0.4) is 0 Å². The van der Waals surface area contributed by atoms with Crippen LogP contribution in [0, 0.1) is 5.41 Å². The fraction of sp³-hybridized carbons (Fsp3) is 1.00. The van der Waals surface area contributed by atoms with E-state index in [1.165, 1.54) is 45.4 Å². The molecule has 0 amide bonds. The maximum atomic E-state index is 8.75. The van der Waals surface area contributed by atoms with E-state index in [2.05, 4.69) is 37.6 Å². The van der Waals surface area contributed by atoms with Crippen LogP contribution in [0.15, 0.2) is 0 Å². The van der Waals surface area contributed by atoms with Crippen molar-refractivity contribution in [2.24, 2.45) is 5.41 Å². The second kappa shape index (κ2) is 7.46. The molecule has 1 saturated heterocycles. The van der Waals surface area contributed by atoms with Crippen LogP contribution in [0.5, 0.6) is 0 Å². The first-order valence-electron chi connectivity index (χ1n) is 7.48. The fourth-order valence-electron chi connectivity index (χ4n) is 2.87. The van der Waals surface area contributed by atoms with Crippen molar-refractivity contribution in [3.05, 3.63) is 0 Å². The van der Waals surface area contributed by atoms with E-state index in [1.807, 2.05) is 0 Å². The Morgan fingerprint density at radius 3 is 2.33 bits per heavy atom. The lowest BCUT2D eigenvalue weighted by atomic mass is 9.84. The first-order valence-corrected chi connectivity index (χ1v) is 7.48. The third-order valence-electron chi connectivity index (χ3n) is 4.11. The summed E-state index contributed by atoms with van der Waals surface area (Å²) in [5.41, 5.74) is 0.365. The van der Waals surface area contributed by atoms with E-state index in [4.69, 9.17) is 5.11 Å². The summed E-state index contributed by atoms with van der Waals surface area (Å²) in [6.45, 7) is 12.2. The zero-order valence-electron chi connectivity index (χ0n) is 12.8. The third-order valence-corrected chi connectivity index (χ3v) is 4.11. The van der Waals surface area contributed by atoms with Crippen molar-refractivity contribution in [2.75, 3.05) is 39.8 Å². The quantitative estimate of drug-likeness (QED) is 0.738. The van der Waals surface area contributed by atoms with Gasteiger partial charge in [0.25, 0.3) is 0 Å². The number of rotatable bonds is 6. The minimum atomic E-state index is 0.348. The molecule has 3 heteroatoms. The zero-order chi connectivity index (χ0) is 13.6. The van der Waals surface area contributed by atoms with Crippen LogP contribution in [-0.4, -0.2) is 60.8 Å². The maximum absolute atomic E-state index is 8.75. The molecule has 0 aromatic carbocycles. The SMILES string of the molecule is CN1CCN(CCCCCCO)CC1C(C)(C)C. The minimum absolute atomic E-state index is 0.348. The fourth-order valence-corrected chi connectivity index (χ4v) is 2.87. The highest BCUT2D eigenvalue weighted by Gasteiger charge is 2.32. The van der Waals surface area contributed by atoms with E-state index in [-0.39, 0.29) is 0 Å². The van der Waals surface area contributed by atoms with Crippen molar-refractivity contribution in [3.63, 3.8) is 0 Å². The Bertz CT molecular complexity index is 225. The molecule has 0 spiro atoms. The average molecular weight is 256 g/mol. The molecule has 3 nitrogen and oxygen atoms in total. The van der Waals surface area contributed by atoms with Crippen LogP contribution in [0.2, 0.25) is 0 Å². The number of piperazine rings is 1. The van der Waals surface area contributed by atoms with Crippen molar-refractivity contribution in [2.45, 2.75) is 52.5 Å². The summed E-state index contributed by atoms with van der Waals surface area (Å²) in [5, 5.41) is 8.75. The van der Waals surface area contributed by atoms with Crippen LogP contribution in [0.25, 0.3) is 0 Å². The normalized spacial score (nSPS) is 23.5. The van der Waals surface area contributed by atoms with Crippen molar-refractivity contribution >= 4 is 0 Å². The summed E-state index contributed by atoms with van der Waals surface area (Å²) in [5.74, 6) is 0. The summed E-state index contributed by atoms with van der Waals surface area (Å²) in [4.78, 5) is 5.14. The average Bonchev–Trinajstić information content (AvgIpc) is 2.29. The van der Waals surface area contributed by atoms with Crippen molar-refractivity contribution in [1.82, 2.24) is 9.80 Å². The number of likely N-dealkylation sites (N-methyl/N-ethyl adjacent to an activating group) is 1. The highest BCUT2D eigenvalue weighted by Crippen LogP contribution is 2.26. The summed E-state index contributed by atoms with van der Waals surface area (Å²) in [6, 6.07) is 0.670. The molecule has 0 radical (unpaired) electrons. The van der Waals surface area contributed by atoms with Gasteiger partial charge in [-0.15, -0.1) is 0 Å². The van der Waals surface area contributed by atoms with Crippen molar-refractivity contribution < 1.29 is 5.11 Å². The number of aliphatic hydroxyl groups is 1. The molecule has 1 atom stereocenters. The molecule has 0 saturated carbocycles. The summed E-state index contributed by atoms with van der Waals surface area (Å²) >= 11 is 0. The van der Waals surface area contributed by atoms with Crippen LogP contribution in [0.1, 0.15) is 46.5 Å². The topological polar surface area (TPSA) is 26.7 Å². The Morgan fingerprint density at radius 2 is 1.72 bits per heavy atom. The number of hydrogen-bond acceptors (Lipinski definition) is 3. The summed E-state index contributed by atoms with van der Waals surface area (Å²) in [7, 11) is 2.26. The Kier molecular flexibility index (Phi) is 6.61. The summed E-state index contributed by atoms with van der Waals surface area (Å²) in [6.07, 6.45) is 4.67. The standard InChI is InChI=1S/C15H32N2O/c1-15(2,3)14-13-17(11-10-16(14)4)9-7-5-6-8-12-18/h14,18H,5-13H2,1-4H3. The second-order valence-electron chi connectivity index (χ2n) is 6.80. The van der Waals surface area contributed by atoms with Gasteiger partial charge in [0.05, 0.1) is 0 Å². The Morgan fingerprint density at radius 1 is 1.06 bits per heavy atom. The van der Waals surface area contributed by atoms with Gasteiger partial charge < -0.3 is 14.9 Å². The molecule has 1 rings (SSSR count). The molecule has 0 aromatic heterocycles. The lowest BCUT2D eigenvalue weighted by Gasteiger charge is -2.45. The molecule has 1 aliphatic heterocycles. The summed E-state index contributed by atoms with van der Waals surface area (Å²) < 4.78 is 0. The van der Waals surface area contributed by atoms with Crippen LogP contribution in [0.4, 0.5) is 0 Å². The molecule has 0 bridgehead atoms. The third kappa shape index (κ3) is 5.25. The predicted molar refractivity (Wildman–Crippen MR) is 77.9 cm³/mol. The first kappa shape index (κ1) is 15.9. The molecular weight excluding hydrogens is 224 g/mol. The van der Waals surface area contributed by atoms with E-state index in [0.717, 1.165) is 6.42 Å². The molecule has 1 aliphatic rings. The Balaban J connectivity index is 2.27. The lowest BCUT2D eigenvalue weighted by Crippen LogP contribution is -2.56. The van der Waals surface area contributed by atoms with Gasteiger partial charge in [-0.05, 0) is 31.8 Å². The van der Waals surface area contributed by atoms with Crippen LogP contribution in [-0.2, 0) is 0 Å². The molecule has 1 N–H and O–H groups in total. The maximum Gasteiger partial charge on any atom is 0.0431 e. The van der Waals surface area contributed by atoms with Crippen LogP contribution >= 0.6 is 0 Å². The minimum Gasteiger partial charge on any atom is -0.396 e. The number of unbranched alkanes of at least 4 members (excludes halogenated alkanes) is 3. The molecular formula is C15H32N2O. The Hall–Kier alpha value is -0.120. The Labute approximate surface area is 113 Å². The highest BCUT2D eigenvalue weighted by molar-refractivity contribution is 4.88. The molecule has 18 heavy (non-hydrogen) atoms. The van der Waals surface area contributed by atoms with E-state index < -0.39 is 0 Å². The van der Waals surface area contributed by atoms with Crippen molar-refractivity contribution in [1.29, 1.82) is 0 Å². The lowest BCUT2D eigenvalue weighted by molar-refractivity contribution is 0.0330. The monoisotopic (exact) mass is 256 g/mol. The van der Waals surface area contributed by atoms with Gasteiger partial charge in [-0.25, -0.2) is 0 Å². The van der Waals surface area contributed by atoms with Crippen molar-refractivity contribution in [3.8, 4) is 0 Å². The van der Waals surface area contributed by atoms with E-state index in [1.54, 1.807) is 0 Å². The molecule has 1 fully saturated rings. The number of hydrogen-bond donors (Lipinski definition) is 1. The molecule has 108 valence electrons. The largest absolute Gasteiger partial charge is 0.396 e. The number of nitrogens with zero attached hydrogens (tertiary/aromatic N) is 2. The van der Waals surface area contributed by atoms with Gasteiger partial charge in [0.15, 0.2) is 0 Å². The van der Waals surface area contributed by atoms with Gasteiger partial charge in [-0.2, -0.15) is 0 Å². The van der Waals surface area contributed by atoms with E-state index >= 15 is 0 Å². The highest BCUT2D eigenvalue weighted by atomic mass is 16.2. The molecule has 0 aliphatic carbocycles. The molecule has 1 unspecified atom stereocenters. The molecule has 0 aromatic rings. The smallest absolute Gasteiger partial charge is 0.0431 e. The van der Waals surface area contributed by atoms with E-state index in [0.29, 0.717) is 18.1 Å². The second-order valence-corrected chi connectivity index (χ2v) is 6.80. The van der Waals surface area contributed by atoms with Gasteiger partial charge >= 0.3 is 0 Å². The molecule has 1 heterocycles. The van der Waals surface area contributed by atoms with E-state index in [9.17, 15) is 0 Å². The zero-order valence-corrected chi connectivity index (χ0v) is 12.8. The predicted octanol–water partition coefficient (Wildman–Crippen LogP) is 2.20. The number of aliphatic hydroxyl groups excluding tert-OH is 1. The van der Waals surface area contributed by atoms with Crippen LogP contribution < -0.4 is 0 Å². The first-order chi connectivity index (χ1) is 8.45. The van der Waals surface area contributed by atoms with Gasteiger partial charge in [0.1, 0.15) is 0 Å². The van der Waals surface area contributed by atoms with Gasteiger partial charge in [-0.3, -0.25) is 0 Å². The van der Waals surface area contributed by atoms with Gasteiger partial charge in [0, 0.05) is 32.3 Å².